The van der Waals surface area contributed by atoms with Gasteiger partial charge in [-0.3, -0.25) is 4.79 Å². The molecule has 10 heteroatoms. The third-order valence-electron chi connectivity index (χ3n) is 3.84. The summed E-state index contributed by atoms with van der Waals surface area (Å²) in [4.78, 5) is 9.00. The Morgan fingerprint density at radius 2 is 2.00 bits per heavy atom. The molecule has 0 amide bonds. The van der Waals surface area contributed by atoms with Gasteiger partial charge in [0.15, 0.2) is 0 Å². The SMILES string of the molecule is CC(=O)O.N#CC1=C(N)N(c2ccc(C(F)(F)F)cc2)N=C2COCCC21. The summed E-state index contributed by atoms with van der Waals surface area (Å²) < 4.78 is 43.3. The van der Waals surface area contributed by atoms with Crippen molar-refractivity contribution in [3.8, 4) is 6.07 Å². The quantitative estimate of drug-likeness (QED) is 0.772. The second kappa shape index (κ2) is 8.09. The fourth-order valence-electron chi connectivity index (χ4n) is 2.65. The number of carboxylic acids is 1. The first kappa shape index (κ1) is 20.3. The zero-order valence-electron chi connectivity index (χ0n) is 14.3. The summed E-state index contributed by atoms with van der Waals surface area (Å²) in [7, 11) is 0. The summed E-state index contributed by atoms with van der Waals surface area (Å²) >= 11 is 0. The second-order valence-electron chi connectivity index (χ2n) is 5.77. The van der Waals surface area contributed by atoms with Gasteiger partial charge in [0.25, 0.3) is 5.97 Å². The fraction of sp³-hybridized carbons (Fsp3) is 0.353. The number of nitrogens with zero attached hydrogens (tertiary/aromatic N) is 3. The van der Waals surface area contributed by atoms with E-state index >= 15 is 0 Å². The summed E-state index contributed by atoms with van der Waals surface area (Å²) in [5, 5.41) is 22.4. The van der Waals surface area contributed by atoms with Crippen LogP contribution in [0.3, 0.4) is 0 Å². The van der Waals surface area contributed by atoms with Crippen LogP contribution in [0.2, 0.25) is 0 Å². The van der Waals surface area contributed by atoms with Crippen LogP contribution in [0.1, 0.15) is 18.9 Å². The summed E-state index contributed by atoms with van der Waals surface area (Å²) in [6.07, 6.45) is -3.79. The Morgan fingerprint density at radius 3 is 2.52 bits per heavy atom. The van der Waals surface area contributed by atoms with E-state index in [1.54, 1.807) is 0 Å². The predicted octanol–water partition coefficient (Wildman–Crippen LogP) is 2.70. The van der Waals surface area contributed by atoms with E-state index in [1.165, 1.54) is 17.1 Å². The highest BCUT2D eigenvalue weighted by Gasteiger charge is 2.34. The number of rotatable bonds is 1. The Kier molecular flexibility index (Phi) is 6.07. The molecule has 1 aromatic rings. The lowest BCUT2D eigenvalue weighted by Crippen LogP contribution is -2.39. The normalized spacial score (nSPS) is 19.3. The van der Waals surface area contributed by atoms with Gasteiger partial charge in [0, 0.05) is 19.4 Å². The predicted molar refractivity (Wildman–Crippen MR) is 90.4 cm³/mol. The third-order valence-corrected chi connectivity index (χ3v) is 3.84. The fourth-order valence-corrected chi connectivity index (χ4v) is 2.65. The third kappa shape index (κ3) is 4.77. The number of nitrogens with two attached hydrogens (primary N) is 1. The molecule has 3 N–H and O–H groups in total. The second-order valence-corrected chi connectivity index (χ2v) is 5.77. The smallest absolute Gasteiger partial charge is 0.416 e. The molecule has 1 saturated heterocycles. The average Bonchev–Trinajstić information content (AvgIpc) is 2.60. The number of aliphatic carboxylic acids is 1. The molecule has 0 saturated carbocycles. The number of benzene rings is 1. The summed E-state index contributed by atoms with van der Waals surface area (Å²) in [6, 6.07) is 6.55. The Balaban J connectivity index is 0.000000596. The van der Waals surface area contributed by atoms with Crippen LogP contribution in [0, 0.1) is 17.2 Å². The van der Waals surface area contributed by atoms with Gasteiger partial charge in [0.1, 0.15) is 5.82 Å². The van der Waals surface area contributed by atoms with Crippen LogP contribution in [0.4, 0.5) is 18.9 Å². The van der Waals surface area contributed by atoms with Crippen molar-refractivity contribution in [3.63, 3.8) is 0 Å². The number of carboxylic acid groups (broad SMARTS) is 1. The topological polar surface area (TPSA) is 112 Å². The Labute approximate surface area is 153 Å². The van der Waals surface area contributed by atoms with Crippen LogP contribution in [-0.4, -0.2) is 30.0 Å². The van der Waals surface area contributed by atoms with Gasteiger partial charge >= 0.3 is 6.18 Å². The van der Waals surface area contributed by atoms with Crippen molar-refractivity contribution in [3.05, 3.63) is 41.2 Å². The Morgan fingerprint density at radius 1 is 1.41 bits per heavy atom. The standard InChI is InChI=1S/C15H13F3N4O.C2H4O2/c16-15(17,18)9-1-3-10(4-2-9)22-14(20)12(7-19)11-5-6-23-8-13(11)21-22;1-2(3)4/h1-4,11H,5-6,8,20H2;1H3,(H,3,4). The van der Waals surface area contributed by atoms with Crippen molar-refractivity contribution in [1.29, 1.82) is 5.26 Å². The van der Waals surface area contributed by atoms with Gasteiger partial charge in [0.05, 0.1) is 35.2 Å². The molecule has 1 unspecified atom stereocenters. The lowest BCUT2D eigenvalue weighted by atomic mass is 9.89. The molecule has 27 heavy (non-hydrogen) atoms. The van der Waals surface area contributed by atoms with Crippen LogP contribution in [0.5, 0.6) is 0 Å². The van der Waals surface area contributed by atoms with E-state index in [2.05, 4.69) is 11.2 Å². The number of hydrogen-bond acceptors (Lipinski definition) is 6. The minimum atomic E-state index is -4.41. The summed E-state index contributed by atoms with van der Waals surface area (Å²) in [5.41, 5.74) is 6.64. The van der Waals surface area contributed by atoms with E-state index < -0.39 is 17.7 Å². The Hall–Kier alpha value is -3.06. The van der Waals surface area contributed by atoms with Crippen molar-refractivity contribution in [2.24, 2.45) is 16.8 Å². The van der Waals surface area contributed by atoms with E-state index in [0.717, 1.165) is 19.1 Å². The van der Waals surface area contributed by atoms with Crippen molar-refractivity contribution in [1.82, 2.24) is 0 Å². The van der Waals surface area contributed by atoms with Crippen LogP contribution < -0.4 is 10.7 Å². The molecule has 1 aromatic carbocycles. The number of halogens is 3. The van der Waals surface area contributed by atoms with Gasteiger partial charge in [-0.15, -0.1) is 0 Å². The number of anilines is 1. The maximum atomic E-state index is 12.6. The number of carbonyl (C=O) groups is 1. The molecule has 0 aliphatic carbocycles. The largest absolute Gasteiger partial charge is 0.481 e. The molecule has 0 aromatic heterocycles. The zero-order chi connectivity index (χ0) is 20.2. The van der Waals surface area contributed by atoms with Crippen molar-refractivity contribution < 1.29 is 27.8 Å². The van der Waals surface area contributed by atoms with Crippen LogP contribution in [0.25, 0.3) is 0 Å². The molecule has 3 rings (SSSR count). The highest BCUT2D eigenvalue weighted by Crippen LogP contribution is 2.34. The molecule has 144 valence electrons. The molecular weight excluding hydrogens is 365 g/mol. The first-order valence-corrected chi connectivity index (χ1v) is 7.87. The highest BCUT2D eigenvalue weighted by molar-refractivity contribution is 5.94. The molecule has 1 atom stereocenters. The first-order valence-electron chi connectivity index (χ1n) is 7.87. The number of fused-ring (bicyclic) bond motifs is 1. The molecule has 0 spiro atoms. The number of allylic oxidation sites excluding steroid dienone is 1. The van der Waals surface area contributed by atoms with Gasteiger partial charge in [-0.2, -0.15) is 23.5 Å². The van der Waals surface area contributed by atoms with Crippen molar-refractivity contribution in [2.75, 3.05) is 18.2 Å². The van der Waals surface area contributed by atoms with Gasteiger partial charge in [-0.1, -0.05) is 0 Å². The minimum Gasteiger partial charge on any atom is -0.481 e. The van der Waals surface area contributed by atoms with Gasteiger partial charge in [-0.25, -0.2) is 5.01 Å². The molecule has 0 bridgehead atoms. The number of alkyl halides is 3. The average molecular weight is 382 g/mol. The first-order chi connectivity index (χ1) is 12.6. The van der Waals surface area contributed by atoms with Crippen molar-refractivity contribution in [2.45, 2.75) is 19.5 Å². The monoisotopic (exact) mass is 382 g/mol. The lowest BCUT2D eigenvalue weighted by Gasteiger charge is -2.33. The summed E-state index contributed by atoms with van der Waals surface area (Å²) in [5.74, 6) is -0.873. The minimum absolute atomic E-state index is 0.142. The molecule has 2 heterocycles. The highest BCUT2D eigenvalue weighted by atomic mass is 19.4. The van der Waals surface area contributed by atoms with E-state index in [4.69, 9.17) is 20.4 Å². The Bertz CT molecular complexity index is 806. The molecule has 7 nitrogen and oxygen atoms in total. The van der Waals surface area contributed by atoms with Crippen LogP contribution in [0.15, 0.2) is 40.8 Å². The number of hydrogen-bond donors (Lipinski definition) is 2. The van der Waals surface area contributed by atoms with E-state index in [1.807, 2.05) is 0 Å². The van der Waals surface area contributed by atoms with Crippen LogP contribution in [-0.2, 0) is 15.7 Å². The number of hydrazone groups is 1. The maximum absolute atomic E-state index is 12.6. The van der Waals surface area contributed by atoms with E-state index in [0.29, 0.717) is 30.0 Å². The molecular formula is C17H17F3N4O3. The summed E-state index contributed by atoms with van der Waals surface area (Å²) in [6.45, 7) is 1.88. The van der Waals surface area contributed by atoms with E-state index in [-0.39, 0.29) is 18.3 Å². The van der Waals surface area contributed by atoms with Gasteiger partial charge in [-0.05, 0) is 30.7 Å². The van der Waals surface area contributed by atoms with E-state index in [9.17, 15) is 18.4 Å². The molecule has 2 aliphatic rings. The zero-order valence-corrected chi connectivity index (χ0v) is 14.3. The lowest BCUT2D eigenvalue weighted by molar-refractivity contribution is -0.137. The molecule has 1 fully saturated rings. The molecule has 2 aliphatic heterocycles. The number of ether oxygens (including phenoxy) is 1. The number of nitriles is 1. The maximum Gasteiger partial charge on any atom is 0.416 e. The molecule has 0 radical (unpaired) electrons. The van der Waals surface area contributed by atoms with Crippen LogP contribution >= 0.6 is 0 Å². The van der Waals surface area contributed by atoms with Gasteiger partial charge in [0.2, 0.25) is 0 Å². The van der Waals surface area contributed by atoms with Gasteiger partial charge < -0.3 is 15.6 Å². The van der Waals surface area contributed by atoms with Crippen molar-refractivity contribution >= 4 is 17.4 Å².